The van der Waals surface area contributed by atoms with Gasteiger partial charge in [-0.1, -0.05) is 54.1 Å². The summed E-state index contributed by atoms with van der Waals surface area (Å²) in [5, 5.41) is 4.23. The van der Waals surface area contributed by atoms with E-state index in [0.29, 0.717) is 10.8 Å². The van der Waals surface area contributed by atoms with Gasteiger partial charge in [-0.3, -0.25) is 4.98 Å². The number of anilines is 1. The minimum atomic E-state index is 0.199. The van der Waals surface area contributed by atoms with Crippen molar-refractivity contribution in [2.24, 2.45) is 0 Å². The number of piperazine rings is 1. The molecule has 0 bridgehead atoms. The van der Waals surface area contributed by atoms with Crippen molar-refractivity contribution in [2.75, 3.05) is 24.5 Å². The van der Waals surface area contributed by atoms with Crippen molar-refractivity contribution in [1.82, 2.24) is 20.3 Å². The molecule has 1 fully saturated rings. The largest absolute Gasteiger partial charge is 0.347 e. The Morgan fingerprint density at radius 3 is 2.52 bits per heavy atom. The number of hydrogen-bond acceptors (Lipinski definition) is 5. The maximum Gasteiger partial charge on any atom is 0.163 e. The van der Waals surface area contributed by atoms with Crippen LogP contribution in [-0.4, -0.2) is 34.6 Å². The van der Waals surface area contributed by atoms with Crippen molar-refractivity contribution in [1.29, 1.82) is 0 Å². The number of nitrogens with zero attached hydrogens (tertiary/aromatic N) is 4. The second-order valence-electron chi connectivity index (χ2n) is 7.51. The van der Waals surface area contributed by atoms with Crippen LogP contribution in [-0.2, 0) is 0 Å². The van der Waals surface area contributed by atoms with Crippen LogP contribution in [0.2, 0.25) is 5.02 Å². The molecule has 0 saturated carbocycles. The maximum atomic E-state index is 6.11. The zero-order valence-electron chi connectivity index (χ0n) is 16.9. The first kappa shape index (κ1) is 19.7. The third-order valence-corrected chi connectivity index (χ3v) is 5.75. The van der Waals surface area contributed by atoms with Gasteiger partial charge in [0, 0.05) is 54.2 Å². The Hall–Kier alpha value is -3.28. The Balaban J connectivity index is 1.63. The lowest BCUT2D eigenvalue weighted by molar-refractivity contribution is 0.486. The van der Waals surface area contributed by atoms with Gasteiger partial charge in [0.25, 0.3) is 0 Å². The number of hydrogen-bond donors (Lipinski definition) is 1. The Bertz CT molecular complexity index is 1150. The molecule has 4 aromatic rings. The van der Waals surface area contributed by atoms with E-state index < -0.39 is 0 Å². The average molecular weight is 428 g/mol. The highest BCUT2D eigenvalue weighted by atomic mass is 35.5. The fourth-order valence-corrected chi connectivity index (χ4v) is 4.05. The zero-order valence-corrected chi connectivity index (χ0v) is 17.7. The molecule has 0 amide bonds. The fraction of sp³-hybridized carbons (Fsp3) is 0.160. The highest BCUT2D eigenvalue weighted by Crippen LogP contribution is 2.32. The van der Waals surface area contributed by atoms with Crippen molar-refractivity contribution >= 4 is 17.4 Å². The molecule has 2 aromatic carbocycles. The minimum absolute atomic E-state index is 0.199. The molecule has 1 N–H and O–H groups in total. The molecule has 1 atom stereocenters. The molecular weight excluding hydrogens is 406 g/mol. The molecule has 3 heterocycles. The summed E-state index contributed by atoms with van der Waals surface area (Å²) >= 11 is 6.11. The average Bonchev–Trinajstić information content (AvgIpc) is 2.85. The summed E-state index contributed by atoms with van der Waals surface area (Å²) in [4.78, 5) is 16.5. The quantitative estimate of drug-likeness (QED) is 0.496. The standard InChI is InChI=1S/C25H22ClN5/c26-21-10-8-18(9-11-21)22-15-24(30-25(29-22)20-7-4-12-27-16-20)31-14-13-28-17-23(31)19-5-2-1-3-6-19/h1-12,15-16,23,28H,13-14,17H2. The van der Waals surface area contributed by atoms with E-state index in [1.807, 2.05) is 42.5 Å². The van der Waals surface area contributed by atoms with E-state index in [4.69, 9.17) is 21.6 Å². The van der Waals surface area contributed by atoms with Gasteiger partial charge in [0.05, 0.1) is 11.7 Å². The van der Waals surface area contributed by atoms with E-state index >= 15 is 0 Å². The second-order valence-corrected chi connectivity index (χ2v) is 7.94. The van der Waals surface area contributed by atoms with E-state index in [0.717, 1.165) is 42.3 Å². The smallest absolute Gasteiger partial charge is 0.163 e. The summed E-state index contributed by atoms with van der Waals surface area (Å²) in [5.74, 6) is 1.58. The first-order chi connectivity index (χ1) is 15.3. The van der Waals surface area contributed by atoms with Gasteiger partial charge in [0.2, 0.25) is 0 Å². The van der Waals surface area contributed by atoms with Crippen molar-refractivity contribution in [3.05, 3.63) is 95.8 Å². The third-order valence-electron chi connectivity index (χ3n) is 5.49. The zero-order chi connectivity index (χ0) is 21.0. The number of rotatable bonds is 4. The summed E-state index contributed by atoms with van der Waals surface area (Å²) in [6, 6.07) is 24.5. The van der Waals surface area contributed by atoms with Crippen LogP contribution < -0.4 is 10.2 Å². The van der Waals surface area contributed by atoms with Crippen LogP contribution in [0.5, 0.6) is 0 Å². The van der Waals surface area contributed by atoms with Gasteiger partial charge >= 0.3 is 0 Å². The van der Waals surface area contributed by atoms with Crippen LogP contribution in [0.3, 0.4) is 0 Å². The van der Waals surface area contributed by atoms with E-state index in [1.165, 1.54) is 5.56 Å². The number of pyridine rings is 1. The highest BCUT2D eigenvalue weighted by Gasteiger charge is 2.26. The van der Waals surface area contributed by atoms with Crippen LogP contribution in [0.25, 0.3) is 22.6 Å². The van der Waals surface area contributed by atoms with Gasteiger partial charge in [-0.25, -0.2) is 9.97 Å². The summed E-state index contributed by atoms with van der Waals surface area (Å²) < 4.78 is 0. The van der Waals surface area contributed by atoms with Gasteiger partial charge in [0.1, 0.15) is 5.82 Å². The maximum absolute atomic E-state index is 6.11. The Labute approximate surface area is 186 Å². The summed E-state index contributed by atoms with van der Waals surface area (Å²) in [7, 11) is 0. The molecular formula is C25H22ClN5. The minimum Gasteiger partial charge on any atom is -0.347 e. The Kier molecular flexibility index (Phi) is 5.61. The second kappa shape index (κ2) is 8.84. The lowest BCUT2D eigenvalue weighted by Gasteiger charge is -2.37. The van der Waals surface area contributed by atoms with Crippen molar-refractivity contribution in [2.45, 2.75) is 6.04 Å². The van der Waals surface area contributed by atoms with Crippen molar-refractivity contribution in [3.8, 4) is 22.6 Å². The lowest BCUT2D eigenvalue weighted by atomic mass is 10.0. The normalized spacial score (nSPS) is 16.3. The molecule has 5 rings (SSSR count). The summed E-state index contributed by atoms with van der Waals surface area (Å²) in [6.45, 7) is 2.64. The van der Waals surface area contributed by atoms with Gasteiger partial charge in [-0.15, -0.1) is 0 Å². The van der Waals surface area contributed by atoms with Crippen molar-refractivity contribution < 1.29 is 0 Å². The lowest BCUT2D eigenvalue weighted by Crippen LogP contribution is -2.46. The van der Waals surface area contributed by atoms with Crippen LogP contribution in [0, 0.1) is 0 Å². The first-order valence-electron chi connectivity index (χ1n) is 10.4. The van der Waals surface area contributed by atoms with Crippen LogP contribution in [0.15, 0.2) is 85.2 Å². The molecule has 31 heavy (non-hydrogen) atoms. The van der Waals surface area contributed by atoms with E-state index in [9.17, 15) is 0 Å². The fourth-order valence-electron chi connectivity index (χ4n) is 3.93. The van der Waals surface area contributed by atoms with Gasteiger partial charge in [0.15, 0.2) is 5.82 Å². The van der Waals surface area contributed by atoms with E-state index in [-0.39, 0.29) is 6.04 Å². The van der Waals surface area contributed by atoms with Crippen LogP contribution >= 0.6 is 11.6 Å². The predicted molar refractivity (Wildman–Crippen MR) is 125 cm³/mol. The van der Waals surface area contributed by atoms with Gasteiger partial charge in [-0.05, 0) is 29.8 Å². The molecule has 6 heteroatoms. The highest BCUT2D eigenvalue weighted by molar-refractivity contribution is 6.30. The van der Waals surface area contributed by atoms with Crippen LogP contribution in [0.4, 0.5) is 5.82 Å². The monoisotopic (exact) mass is 427 g/mol. The molecule has 1 saturated heterocycles. The molecule has 2 aromatic heterocycles. The third kappa shape index (κ3) is 4.29. The SMILES string of the molecule is Clc1ccc(-c2cc(N3CCNCC3c3ccccc3)nc(-c3cccnc3)n2)cc1. The number of aromatic nitrogens is 3. The van der Waals surface area contributed by atoms with Gasteiger partial charge in [-0.2, -0.15) is 0 Å². The molecule has 1 aliphatic heterocycles. The van der Waals surface area contributed by atoms with Crippen LogP contribution in [0.1, 0.15) is 11.6 Å². The Morgan fingerprint density at radius 1 is 0.903 bits per heavy atom. The molecule has 0 radical (unpaired) electrons. The molecule has 1 aliphatic rings. The summed E-state index contributed by atoms with van der Waals surface area (Å²) in [6.07, 6.45) is 3.56. The number of halogens is 1. The molecule has 0 aliphatic carbocycles. The summed E-state index contributed by atoms with van der Waals surface area (Å²) in [5.41, 5.74) is 4.03. The predicted octanol–water partition coefficient (Wildman–Crippen LogP) is 5.01. The van der Waals surface area contributed by atoms with E-state index in [1.54, 1.807) is 12.4 Å². The topological polar surface area (TPSA) is 53.9 Å². The molecule has 5 nitrogen and oxygen atoms in total. The number of nitrogens with one attached hydrogen (secondary N) is 1. The van der Waals surface area contributed by atoms with E-state index in [2.05, 4.69) is 45.5 Å². The van der Waals surface area contributed by atoms with Gasteiger partial charge < -0.3 is 10.2 Å². The number of benzene rings is 2. The Morgan fingerprint density at radius 2 is 1.74 bits per heavy atom. The van der Waals surface area contributed by atoms with Crippen molar-refractivity contribution in [3.63, 3.8) is 0 Å². The molecule has 0 spiro atoms. The first-order valence-corrected chi connectivity index (χ1v) is 10.7. The molecule has 1 unspecified atom stereocenters. The molecule has 154 valence electrons.